The van der Waals surface area contributed by atoms with E-state index in [1.54, 1.807) is 0 Å². The van der Waals surface area contributed by atoms with Crippen molar-refractivity contribution >= 4 is 12.0 Å². The molecule has 202 valence electrons. The number of hydrogen-bond donors (Lipinski definition) is 1. The van der Waals surface area contributed by atoms with Crippen molar-refractivity contribution in [1.29, 1.82) is 0 Å². The third kappa shape index (κ3) is 4.06. The van der Waals surface area contributed by atoms with Crippen molar-refractivity contribution in [3.8, 4) is 17.0 Å². The predicted octanol–water partition coefficient (Wildman–Crippen LogP) is 3.30. The molecule has 1 N–H and O–H groups in total. The Kier molecular flexibility index (Phi) is 5.69. The number of carbonyl (C=O) groups excluding carboxylic acids is 2. The zero-order valence-corrected chi connectivity index (χ0v) is 22.2. The van der Waals surface area contributed by atoms with Gasteiger partial charge < -0.3 is 24.6 Å². The lowest BCUT2D eigenvalue weighted by atomic mass is 9.79. The highest BCUT2D eigenvalue weighted by atomic mass is 16.6. The second kappa shape index (κ2) is 9.00. The maximum absolute atomic E-state index is 13.4. The Balaban J connectivity index is 1.13. The number of hydrogen-bond acceptors (Lipinski definition) is 6. The molecule has 9 heteroatoms. The zero-order chi connectivity index (χ0) is 25.9. The largest absolute Gasteiger partial charge is 0.482 e. The van der Waals surface area contributed by atoms with E-state index in [9.17, 15) is 9.59 Å². The molecule has 38 heavy (non-hydrogen) atoms. The highest BCUT2D eigenvalue weighted by Crippen LogP contribution is 2.50. The third-order valence-electron chi connectivity index (χ3n) is 9.49. The molecule has 4 fully saturated rings. The first-order valence-corrected chi connectivity index (χ1v) is 14.2. The van der Waals surface area contributed by atoms with Crippen LogP contribution < -0.4 is 10.1 Å². The van der Waals surface area contributed by atoms with E-state index in [0.717, 1.165) is 80.1 Å². The fourth-order valence-electron chi connectivity index (χ4n) is 6.93. The van der Waals surface area contributed by atoms with E-state index in [1.807, 2.05) is 38.7 Å². The van der Waals surface area contributed by atoms with Gasteiger partial charge in [0.15, 0.2) is 0 Å². The van der Waals surface area contributed by atoms with Crippen LogP contribution in [0.2, 0.25) is 0 Å². The van der Waals surface area contributed by atoms with Crippen LogP contribution in [-0.4, -0.2) is 77.5 Å². The Morgan fingerprint density at radius 2 is 1.89 bits per heavy atom. The molecule has 1 aromatic carbocycles. The summed E-state index contributed by atoms with van der Waals surface area (Å²) in [6.45, 7) is 7.67. The van der Waals surface area contributed by atoms with Gasteiger partial charge in [0, 0.05) is 67.8 Å². The van der Waals surface area contributed by atoms with E-state index in [2.05, 4.69) is 12.2 Å². The van der Waals surface area contributed by atoms with Crippen LogP contribution in [0.15, 0.2) is 24.3 Å². The average molecular weight is 520 g/mol. The molecular weight excluding hydrogens is 482 g/mol. The van der Waals surface area contributed by atoms with Crippen LogP contribution in [0.25, 0.3) is 11.3 Å². The van der Waals surface area contributed by atoms with Gasteiger partial charge in [0.05, 0.1) is 6.61 Å². The first kappa shape index (κ1) is 24.0. The van der Waals surface area contributed by atoms with Gasteiger partial charge in [-0.15, -0.1) is 0 Å². The molecule has 2 amide bonds. The number of amides is 2. The Morgan fingerprint density at radius 3 is 2.66 bits per heavy atom. The molecule has 1 atom stereocenters. The summed E-state index contributed by atoms with van der Waals surface area (Å²) >= 11 is 0. The van der Waals surface area contributed by atoms with Crippen LogP contribution in [0.5, 0.6) is 5.75 Å². The lowest BCUT2D eigenvalue weighted by Crippen LogP contribution is -2.49. The van der Waals surface area contributed by atoms with Crippen molar-refractivity contribution in [2.24, 2.45) is 11.3 Å². The lowest BCUT2D eigenvalue weighted by Gasteiger charge is -2.44. The van der Waals surface area contributed by atoms with Gasteiger partial charge in [0.25, 0.3) is 0 Å². The van der Waals surface area contributed by atoms with E-state index in [-0.39, 0.29) is 24.0 Å². The van der Waals surface area contributed by atoms with Crippen LogP contribution in [0, 0.1) is 18.3 Å². The zero-order valence-electron chi connectivity index (χ0n) is 22.2. The fourth-order valence-corrected chi connectivity index (χ4v) is 6.93. The van der Waals surface area contributed by atoms with Crippen molar-refractivity contribution < 1.29 is 19.1 Å². The molecule has 2 aromatic rings. The minimum atomic E-state index is -0.574. The fraction of sp³-hybridized carbons (Fsp3) is 0.621. The van der Waals surface area contributed by atoms with Crippen molar-refractivity contribution in [1.82, 2.24) is 24.9 Å². The number of ether oxygens (including phenoxy) is 2. The number of fused-ring (bicyclic) bond motifs is 4. The van der Waals surface area contributed by atoms with Gasteiger partial charge in [-0.05, 0) is 57.2 Å². The second-order valence-electron chi connectivity index (χ2n) is 12.1. The molecule has 4 aliphatic heterocycles. The van der Waals surface area contributed by atoms with Gasteiger partial charge in [-0.2, -0.15) is 5.10 Å². The standard InChI is InChI=1S/C29H37N5O4/c1-20-25-26(31-34(20)16-24(35)33-13-9-28(19-33)8-12-30-18-28)22-4-2-3-5-23(22)38-29(25)10-14-32(15-11-29)27(36)37-17-21-6-7-21/h2-5,21,30H,6-19H2,1H3. The Bertz CT molecular complexity index is 1250. The lowest BCUT2D eigenvalue weighted by molar-refractivity contribution is -0.131. The monoisotopic (exact) mass is 519 g/mol. The van der Waals surface area contributed by atoms with E-state index < -0.39 is 5.60 Å². The molecular formula is C29H37N5O4. The third-order valence-corrected chi connectivity index (χ3v) is 9.49. The summed E-state index contributed by atoms with van der Waals surface area (Å²) < 4.78 is 14.2. The Labute approximate surface area is 223 Å². The number of likely N-dealkylation sites (tertiary alicyclic amines) is 2. The molecule has 7 rings (SSSR count). The van der Waals surface area contributed by atoms with E-state index in [4.69, 9.17) is 14.6 Å². The number of benzene rings is 1. The van der Waals surface area contributed by atoms with Crippen LogP contribution in [-0.2, 0) is 21.7 Å². The molecule has 9 nitrogen and oxygen atoms in total. The quantitative estimate of drug-likeness (QED) is 0.667. The van der Waals surface area contributed by atoms with Gasteiger partial charge in [0.1, 0.15) is 23.6 Å². The molecule has 0 radical (unpaired) electrons. The average Bonchev–Trinajstić information content (AvgIpc) is 3.32. The molecule has 1 aromatic heterocycles. The number of nitrogens with one attached hydrogen (secondary N) is 1. The van der Waals surface area contributed by atoms with Crippen molar-refractivity contribution in [2.45, 2.75) is 57.6 Å². The van der Waals surface area contributed by atoms with Crippen LogP contribution in [0.4, 0.5) is 4.79 Å². The van der Waals surface area contributed by atoms with Gasteiger partial charge in [0.2, 0.25) is 5.91 Å². The molecule has 3 saturated heterocycles. The molecule has 1 unspecified atom stereocenters. The molecule has 1 aliphatic carbocycles. The molecule has 5 aliphatic rings. The van der Waals surface area contributed by atoms with Crippen LogP contribution in [0.1, 0.15) is 49.8 Å². The normalized spacial score (nSPS) is 25.4. The van der Waals surface area contributed by atoms with Crippen molar-refractivity contribution in [3.63, 3.8) is 0 Å². The maximum Gasteiger partial charge on any atom is 0.409 e. The summed E-state index contributed by atoms with van der Waals surface area (Å²) in [5.41, 5.74) is 3.58. The molecule has 5 heterocycles. The summed E-state index contributed by atoms with van der Waals surface area (Å²) in [6.07, 6.45) is 5.64. The minimum Gasteiger partial charge on any atom is -0.482 e. The summed E-state index contributed by atoms with van der Waals surface area (Å²) in [5.74, 6) is 1.50. The minimum absolute atomic E-state index is 0.133. The number of aromatic nitrogens is 2. The first-order valence-electron chi connectivity index (χ1n) is 14.2. The van der Waals surface area contributed by atoms with Gasteiger partial charge >= 0.3 is 6.09 Å². The Hall–Kier alpha value is -3.07. The second-order valence-corrected chi connectivity index (χ2v) is 12.1. The van der Waals surface area contributed by atoms with E-state index in [0.29, 0.717) is 38.5 Å². The number of nitrogens with zero attached hydrogens (tertiary/aromatic N) is 4. The first-order chi connectivity index (χ1) is 18.5. The van der Waals surface area contributed by atoms with Crippen molar-refractivity contribution in [3.05, 3.63) is 35.5 Å². The molecule has 0 bridgehead atoms. The summed E-state index contributed by atoms with van der Waals surface area (Å²) in [4.78, 5) is 29.9. The maximum atomic E-state index is 13.4. The predicted molar refractivity (Wildman–Crippen MR) is 141 cm³/mol. The SMILES string of the molecule is Cc1c2c(nn1CC(=O)N1CCC3(CCNC3)C1)-c1ccccc1OC21CCN(C(=O)OCC2CC2)CC1. The highest BCUT2D eigenvalue weighted by Gasteiger charge is 2.48. The number of carbonyl (C=O) groups is 2. The number of para-hydroxylation sites is 1. The van der Waals surface area contributed by atoms with Gasteiger partial charge in [-0.25, -0.2) is 4.79 Å². The van der Waals surface area contributed by atoms with Gasteiger partial charge in [-0.1, -0.05) is 12.1 Å². The smallest absolute Gasteiger partial charge is 0.409 e. The Morgan fingerprint density at radius 1 is 1.11 bits per heavy atom. The summed E-state index contributed by atoms with van der Waals surface area (Å²) in [7, 11) is 0. The number of rotatable bonds is 4. The van der Waals surface area contributed by atoms with Crippen LogP contribution >= 0.6 is 0 Å². The van der Waals surface area contributed by atoms with Crippen molar-refractivity contribution in [2.75, 3.05) is 45.9 Å². The summed E-state index contributed by atoms with van der Waals surface area (Å²) in [5, 5.41) is 8.49. The molecule has 1 saturated carbocycles. The highest BCUT2D eigenvalue weighted by molar-refractivity contribution is 5.78. The number of piperidine rings is 1. The van der Waals surface area contributed by atoms with Gasteiger partial charge in [-0.3, -0.25) is 9.48 Å². The molecule has 2 spiro atoms. The van der Waals surface area contributed by atoms with Crippen LogP contribution in [0.3, 0.4) is 0 Å². The van der Waals surface area contributed by atoms with E-state index in [1.165, 1.54) is 0 Å². The van der Waals surface area contributed by atoms with E-state index >= 15 is 0 Å². The summed E-state index contributed by atoms with van der Waals surface area (Å²) in [6, 6.07) is 8.02. The topological polar surface area (TPSA) is 88.9 Å².